The molecule has 1 aromatic rings. The Morgan fingerprint density at radius 1 is 0.667 bits per heavy atom. The first-order valence-electron chi connectivity index (χ1n) is 9.60. The van der Waals surface area contributed by atoms with Crippen LogP contribution in [0.25, 0.3) is 0 Å². The highest BCUT2D eigenvalue weighted by molar-refractivity contribution is 5.13. The second-order valence-corrected chi connectivity index (χ2v) is 7.34. The van der Waals surface area contributed by atoms with Crippen LogP contribution < -0.4 is 0 Å². The topological polar surface area (TPSA) is 179 Å². The van der Waals surface area contributed by atoms with Gasteiger partial charge in [-0.3, -0.25) is 0 Å². The zero-order valence-corrected chi connectivity index (χ0v) is 16.0. The lowest BCUT2D eigenvalue weighted by Crippen LogP contribution is -2.61. The van der Waals surface area contributed by atoms with Crippen LogP contribution in [0.15, 0.2) is 30.3 Å². The van der Waals surface area contributed by atoms with Gasteiger partial charge in [-0.2, -0.15) is 0 Å². The number of rotatable bonds is 7. The Bertz CT molecular complexity index is 645. The minimum Gasteiger partial charge on any atom is -0.394 e. The maximum absolute atomic E-state index is 10.2. The van der Waals surface area contributed by atoms with Crippen molar-refractivity contribution in [1.82, 2.24) is 0 Å². The van der Waals surface area contributed by atoms with Crippen molar-refractivity contribution in [3.63, 3.8) is 0 Å². The second kappa shape index (κ2) is 10.4. The van der Waals surface area contributed by atoms with Crippen LogP contribution in [0.2, 0.25) is 0 Å². The molecule has 0 aromatic heterocycles. The Morgan fingerprint density at radius 2 is 1.20 bits per heavy atom. The van der Waals surface area contributed by atoms with Crippen LogP contribution in [0.1, 0.15) is 5.56 Å². The van der Waals surface area contributed by atoms with Crippen LogP contribution in [0.5, 0.6) is 0 Å². The van der Waals surface area contributed by atoms with E-state index >= 15 is 0 Å². The molecule has 7 N–H and O–H groups in total. The fraction of sp³-hybridized carbons (Fsp3) is 0.684. The summed E-state index contributed by atoms with van der Waals surface area (Å²) in [4.78, 5) is 0. The largest absolute Gasteiger partial charge is 0.394 e. The van der Waals surface area contributed by atoms with Crippen molar-refractivity contribution in [3.05, 3.63) is 35.9 Å². The fourth-order valence-corrected chi connectivity index (χ4v) is 3.34. The summed E-state index contributed by atoms with van der Waals surface area (Å²) in [5.74, 6) is 0. The maximum atomic E-state index is 10.2. The predicted octanol–water partition coefficient (Wildman–Crippen LogP) is -3.17. The molecular weight excluding hydrogens is 404 g/mol. The van der Waals surface area contributed by atoms with Gasteiger partial charge in [0.1, 0.15) is 48.8 Å². The molecule has 11 nitrogen and oxygen atoms in total. The molecule has 2 fully saturated rings. The summed E-state index contributed by atoms with van der Waals surface area (Å²) >= 11 is 0. The highest BCUT2D eigenvalue weighted by Crippen LogP contribution is 2.26. The van der Waals surface area contributed by atoms with Gasteiger partial charge in [-0.15, -0.1) is 0 Å². The number of benzene rings is 1. The van der Waals surface area contributed by atoms with Crippen LogP contribution in [0.3, 0.4) is 0 Å². The third-order valence-corrected chi connectivity index (χ3v) is 5.20. The first-order chi connectivity index (χ1) is 14.3. The molecule has 0 saturated carbocycles. The van der Waals surface area contributed by atoms with Gasteiger partial charge in [0.15, 0.2) is 12.6 Å². The first-order valence-corrected chi connectivity index (χ1v) is 9.60. The van der Waals surface area contributed by atoms with E-state index in [1.807, 2.05) is 18.2 Å². The van der Waals surface area contributed by atoms with Gasteiger partial charge in [0, 0.05) is 0 Å². The third-order valence-electron chi connectivity index (χ3n) is 5.20. The molecule has 10 unspecified atom stereocenters. The van der Waals surface area contributed by atoms with E-state index in [0.29, 0.717) is 0 Å². The second-order valence-electron chi connectivity index (χ2n) is 7.34. The normalized spacial score (nSPS) is 42.2. The molecule has 0 spiro atoms. The molecule has 2 aliphatic heterocycles. The van der Waals surface area contributed by atoms with E-state index in [4.69, 9.17) is 18.9 Å². The Balaban J connectivity index is 1.58. The number of aliphatic hydroxyl groups is 7. The van der Waals surface area contributed by atoms with Gasteiger partial charge in [-0.05, 0) is 5.56 Å². The molecule has 0 bridgehead atoms. The molecule has 11 heteroatoms. The molecule has 0 amide bonds. The smallest absolute Gasteiger partial charge is 0.187 e. The van der Waals surface area contributed by atoms with E-state index in [9.17, 15) is 35.7 Å². The van der Waals surface area contributed by atoms with Crippen molar-refractivity contribution >= 4 is 0 Å². The Morgan fingerprint density at radius 3 is 1.80 bits per heavy atom. The SMILES string of the molecule is OCC1OC(OCC2OC(OCc3ccccc3)C(O)C(O)C2O)C(O)C(O)C1O. The standard InChI is InChI=1S/C19H28O11/c20-6-10-12(21)14(23)16(25)19(29-10)28-8-11-13(22)15(24)17(26)18(30-11)27-7-9-4-2-1-3-5-9/h1-5,10-26H,6-8H2. The number of hydrogen-bond donors (Lipinski definition) is 7. The monoisotopic (exact) mass is 432 g/mol. The van der Waals surface area contributed by atoms with Crippen molar-refractivity contribution in [2.45, 2.75) is 68.0 Å². The van der Waals surface area contributed by atoms with Crippen LogP contribution in [-0.4, -0.2) is 110 Å². The van der Waals surface area contributed by atoms with Crippen molar-refractivity contribution in [2.75, 3.05) is 13.2 Å². The Hall–Kier alpha value is -1.22. The van der Waals surface area contributed by atoms with E-state index in [1.165, 1.54) is 0 Å². The number of ether oxygens (including phenoxy) is 4. The Labute approximate surface area is 172 Å². The molecule has 3 rings (SSSR count). The number of hydrogen-bond acceptors (Lipinski definition) is 11. The molecule has 0 aliphatic carbocycles. The Kier molecular flexibility index (Phi) is 8.12. The molecule has 2 saturated heterocycles. The first kappa shape index (κ1) is 23.4. The lowest BCUT2D eigenvalue weighted by molar-refractivity contribution is -0.332. The van der Waals surface area contributed by atoms with Gasteiger partial charge in [-0.25, -0.2) is 0 Å². The molecule has 1 aromatic carbocycles. The van der Waals surface area contributed by atoms with Gasteiger partial charge in [0.2, 0.25) is 0 Å². The van der Waals surface area contributed by atoms with Gasteiger partial charge in [-0.1, -0.05) is 30.3 Å². The van der Waals surface area contributed by atoms with Crippen molar-refractivity contribution < 1.29 is 54.7 Å². The molecule has 0 radical (unpaired) electrons. The molecular formula is C19H28O11. The van der Waals surface area contributed by atoms with Crippen molar-refractivity contribution in [2.24, 2.45) is 0 Å². The van der Waals surface area contributed by atoms with Gasteiger partial charge in [0.25, 0.3) is 0 Å². The lowest BCUT2D eigenvalue weighted by atomic mass is 9.98. The van der Waals surface area contributed by atoms with E-state index in [2.05, 4.69) is 0 Å². The van der Waals surface area contributed by atoms with Crippen LogP contribution in [-0.2, 0) is 25.6 Å². The quantitative estimate of drug-likeness (QED) is 0.231. The summed E-state index contributed by atoms with van der Waals surface area (Å²) in [6, 6.07) is 9.07. The van der Waals surface area contributed by atoms with Crippen molar-refractivity contribution in [3.8, 4) is 0 Å². The van der Waals surface area contributed by atoms with Gasteiger partial charge in [0.05, 0.1) is 19.8 Å². The summed E-state index contributed by atoms with van der Waals surface area (Å²) in [6.07, 6.45) is -14.4. The summed E-state index contributed by atoms with van der Waals surface area (Å²) in [5, 5.41) is 69.3. The summed E-state index contributed by atoms with van der Waals surface area (Å²) in [5.41, 5.74) is 0.808. The zero-order valence-electron chi connectivity index (χ0n) is 16.0. The molecule has 170 valence electrons. The summed E-state index contributed by atoms with van der Waals surface area (Å²) < 4.78 is 21.6. The van der Waals surface area contributed by atoms with Crippen LogP contribution in [0.4, 0.5) is 0 Å². The predicted molar refractivity (Wildman–Crippen MR) is 97.6 cm³/mol. The van der Waals surface area contributed by atoms with E-state index in [1.54, 1.807) is 12.1 Å². The van der Waals surface area contributed by atoms with E-state index in [0.717, 1.165) is 5.56 Å². The highest BCUT2D eigenvalue weighted by Gasteiger charge is 2.47. The summed E-state index contributed by atoms with van der Waals surface area (Å²) in [7, 11) is 0. The number of aliphatic hydroxyl groups excluding tert-OH is 7. The van der Waals surface area contributed by atoms with E-state index in [-0.39, 0.29) is 6.61 Å². The van der Waals surface area contributed by atoms with Crippen LogP contribution in [0, 0.1) is 0 Å². The lowest BCUT2D eigenvalue weighted by Gasteiger charge is -2.42. The van der Waals surface area contributed by atoms with Crippen LogP contribution >= 0.6 is 0 Å². The van der Waals surface area contributed by atoms with Gasteiger partial charge >= 0.3 is 0 Å². The average molecular weight is 432 g/mol. The highest BCUT2D eigenvalue weighted by atomic mass is 16.7. The molecule has 10 atom stereocenters. The molecule has 2 heterocycles. The fourth-order valence-electron chi connectivity index (χ4n) is 3.34. The minimum absolute atomic E-state index is 0.0890. The summed E-state index contributed by atoms with van der Waals surface area (Å²) in [6.45, 7) is -0.932. The maximum Gasteiger partial charge on any atom is 0.187 e. The van der Waals surface area contributed by atoms with Gasteiger partial charge < -0.3 is 54.7 Å². The third kappa shape index (κ3) is 5.15. The van der Waals surface area contributed by atoms with Crippen molar-refractivity contribution in [1.29, 1.82) is 0 Å². The zero-order chi connectivity index (χ0) is 21.8. The molecule has 2 aliphatic rings. The minimum atomic E-state index is -1.62. The van der Waals surface area contributed by atoms with E-state index < -0.39 is 74.6 Å². The molecule has 30 heavy (non-hydrogen) atoms. The average Bonchev–Trinajstić information content (AvgIpc) is 2.76.